The van der Waals surface area contributed by atoms with Gasteiger partial charge in [0.15, 0.2) is 4.34 Å². The molecule has 2 N–H and O–H groups in total. The summed E-state index contributed by atoms with van der Waals surface area (Å²) in [6.45, 7) is 0. The number of hydrogen-bond donors (Lipinski definition) is 1. The third-order valence-electron chi connectivity index (χ3n) is 1.67. The monoisotopic (exact) mass is 266 g/mol. The zero-order valence-electron chi connectivity index (χ0n) is 7.62. The fourth-order valence-corrected chi connectivity index (χ4v) is 2.47. The van der Waals surface area contributed by atoms with Gasteiger partial charge in [-0.15, -0.1) is 24.5 Å². The van der Waals surface area contributed by atoms with Crippen molar-refractivity contribution < 1.29 is 17.9 Å². The number of fused-ring (bicyclic) bond motifs is 1. The van der Waals surface area contributed by atoms with Crippen LogP contribution in [0.2, 0.25) is 0 Å². The van der Waals surface area contributed by atoms with E-state index in [1.54, 1.807) is 0 Å². The Morgan fingerprint density at radius 1 is 1.38 bits per heavy atom. The van der Waals surface area contributed by atoms with Crippen molar-refractivity contribution in [2.75, 3.05) is 0 Å². The molecule has 0 unspecified atom stereocenters. The third kappa shape index (κ3) is 2.57. The van der Waals surface area contributed by atoms with Crippen molar-refractivity contribution in [3.63, 3.8) is 0 Å². The highest BCUT2D eigenvalue weighted by atomic mass is 32.2. The number of nitrogens with zero attached hydrogens (tertiary/aromatic N) is 1. The van der Waals surface area contributed by atoms with E-state index < -0.39 is 6.36 Å². The number of halogens is 3. The minimum Gasteiger partial charge on any atom is -0.406 e. The van der Waals surface area contributed by atoms with Gasteiger partial charge in [-0.3, -0.25) is 5.14 Å². The molecule has 2 aromatic rings. The molecule has 3 nitrogen and oxygen atoms in total. The van der Waals surface area contributed by atoms with Crippen LogP contribution in [-0.4, -0.2) is 11.3 Å². The van der Waals surface area contributed by atoms with Crippen molar-refractivity contribution >= 4 is 33.5 Å². The summed E-state index contributed by atoms with van der Waals surface area (Å²) in [5, 5.41) is 5.31. The van der Waals surface area contributed by atoms with Gasteiger partial charge in [-0.25, -0.2) is 4.98 Å². The van der Waals surface area contributed by atoms with Crippen LogP contribution in [0.4, 0.5) is 13.2 Å². The van der Waals surface area contributed by atoms with E-state index >= 15 is 0 Å². The lowest BCUT2D eigenvalue weighted by molar-refractivity contribution is -0.274. The van der Waals surface area contributed by atoms with E-state index in [1.807, 2.05) is 0 Å². The average Bonchev–Trinajstić information content (AvgIpc) is 2.57. The van der Waals surface area contributed by atoms with E-state index in [1.165, 1.54) is 29.5 Å². The van der Waals surface area contributed by atoms with Gasteiger partial charge in [0.2, 0.25) is 0 Å². The molecule has 0 spiro atoms. The first kappa shape index (κ1) is 11.5. The Morgan fingerprint density at radius 3 is 2.75 bits per heavy atom. The summed E-state index contributed by atoms with van der Waals surface area (Å²) in [5.74, 6) is -0.253. The molecule has 1 heterocycles. The van der Waals surface area contributed by atoms with Gasteiger partial charge in [0.05, 0.1) is 10.2 Å². The molecule has 0 radical (unpaired) electrons. The topological polar surface area (TPSA) is 48.1 Å². The molecule has 0 atom stereocenters. The molecular formula is C8H5F3N2OS2. The maximum Gasteiger partial charge on any atom is 0.573 e. The molecule has 8 heteroatoms. The zero-order chi connectivity index (χ0) is 11.8. The molecular weight excluding hydrogens is 261 g/mol. The molecule has 1 aromatic carbocycles. The summed E-state index contributed by atoms with van der Waals surface area (Å²) in [7, 11) is 0. The number of nitrogens with two attached hydrogens (primary N) is 1. The van der Waals surface area contributed by atoms with Crippen molar-refractivity contribution in [2.45, 2.75) is 10.7 Å². The van der Waals surface area contributed by atoms with E-state index in [2.05, 4.69) is 9.72 Å². The summed E-state index contributed by atoms with van der Waals surface area (Å²) in [4.78, 5) is 4.09. The Kier molecular flexibility index (Phi) is 2.96. The molecule has 0 saturated heterocycles. The minimum atomic E-state index is -4.68. The summed E-state index contributed by atoms with van der Waals surface area (Å²) in [6, 6.07) is 3.98. The second kappa shape index (κ2) is 4.11. The quantitative estimate of drug-likeness (QED) is 0.848. The van der Waals surface area contributed by atoms with E-state index in [0.29, 0.717) is 14.6 Å². The van der Waals surface area contributed by atoms with Gasteiger partial charge in [-0.05, 0) is 30.1 Å². The Balaban J connectivity index is 2.36. The number of alkyl halides is 3. The molecule has 0 aliphatic heterocycles. The fraction of sp³-hybridized carbons (Fsp3) is 0.125. The van der Waals surface area contributed by atoms with Crippen LogP contribution in [0.25, 0.3) is 10.2 Å². The van der Waals surface area contributed by atoms with Gasteiger partial charge in [0.25, 0.3) is 0 Å². The summed E-state index contributed by atoms with van der Waals surface area (Å²) in [5.41, 5.74) is 0.604. The van der Waals surface area contributed by atoms with Crippen LogP contribution in [0, 0.1) is 0 Å². The molecule has 2 rings (SSSR count). The number of benzene rings is 1. The number of aromatic nitrogens is 1. The van der Waals surface area contributed by atoms with Crippen LogP contribution in [0.5, 0.6) is 5.75 Å². The van der Waals surface area contributed by atoms with Gasteiger partial charge in [-0.1, -0.05) is 0 Å². The molecule has 16 heavy (non-hydrogen) atoms. The number of rotatable bonds is 2. The highest BCUT2D eigenvalue weighted by molar-refractivity contribution is 7.99. The highest BCUT2D eigenvalue weighted by Crippen LogP contribution is 2.31. The van der Waals surface area contributed by atoms with Crippen LogP contribution in [0.15, 0.2) is 22.5 Å². The zero-order valence-corrected chi connectivity index (χ0v) is 9.25. The van der Waals surface area contributed by atoms with Crippen LogP contribution in [0.3, 0.4) is 0 Å². The smallest absolute Gasteiger partial charge is 0.406 e. The van der Waals surface area contributed by atoms with E-state index in [9.17, 15) is 13.2 Å². The lowest BCUT2D eigenvalue weighted by atomic mass is 10.3. The van der Waals surface area contributed by atoms with Gasteiger partial charge in [0.1, 0.15) is 5.75 Å². The standard InChI is InChI=1S/C8H5F3N2OS2/c9-8(10,11)14-4-1-2-5-6(3-4)15-7(13-5)16-12/h1-3H,12H2. The van der Waals surface area contributed by atoms with Gasteiger partial charge in [0, 0.05) is 0 Å². The van der Waals surface area contributed by atoms with Crippen molar-refractivity contribution in [2.24, 2.45) is 5.14 Å². The highest BCUT2D eigenvalue weighted by Gasteiger charge is 2.31. The predicted molar refractivity (Wildman–Crippen MR) is 56.3 cm³/mol. The molecule has 0 fully saturated rings. The first-order chi connectivity index (χ1) is 7.48. The van der Waals surface area contributed by atoms with E-state index in [-0.39, 0.29) is 5.75 Å². The second-order valence-electron chi connectivity index (χ2n) is 2.77. The van der Waals surface area contributed by atoms with Gasteiger partial charge in [-0.2, -0.15) is 0 Å². The van der Waals surface area contributed by atoms with Crippen LogP contribution >= 0.6 is 23.3 Å². The van der Waals surface area contributed by atoms with Crippen molar-refractivity contribution in [3.05, 3.63) is 18.2 Å². The lowest BCUT2D eigenvalue weighted by Gasteiger charge is -2.07. The normalized spacial score (nSPS) is 12.0. The third-order valence-corrected chi connectivity index (χ3v) is 3.32. The summed E-state index contributed by atoms with van der Waals surface area (Å²) < 4.78 is 40.9. The largest absolute Gasteiger partial charge is 0.573 e. The van der Waals surface area contributed by atoms with Gasteiger partial charge < -0.3 is 4.74 Å². The SMILES string of the molecule is NSc1nc2ccc(OC(F)(F)F)cc2s1. The molecule has 0 amide bonds. The number of hydrogen-bond acceptors (Lipinski definition) is 5. The van der Waals surface area contributed by atoms with Crippen LogP contribution < -0.4 is 9.88 Å². The van der Waals surface area contributed by atoms with Gasteiger partial charge >= 0.3 is 6.36 Å². The van der Waals surface area contributed by atoms with E-state index in [0.717, 1.165) is 11.9 Å². The van der Waals surface area contributed by atoms with E-state index in [4.69, 9.17) is 5.14 Å². The molecule has 0 aliphatic rings. The summed E-state index contributed by atoms with van der Waals surface area (Å²) in [6.07, 6.45) is -4.68. The summed E-state index contributed by atoms with van der Waals surface area (Å²) >= 11 is 2.17. The second-order valence-corrected chi connectivity index (χ2v) is 4.69. The van der Waals surface area contributed by atoms with Crippen molar-refractivity contribution in [1.29, 1.82) is 0 Å². The Morgan fingerprint density at radius 2 is 2.12 bits per heavy atom. The number of ether oxygens (including phenoxy) is 1. The Labute approximate surface area is 96.5 Å². The number of thiazole rings is 1. The maximum absolute atomic E-state index is 12.0. The van der Waals surface area contributed by atoms with Crippen LogP contribution in [-0.2, 0) is 0 Å². The molecule has 0 saturated carbocycles. The Hall–Kier alpha value is -0.990. The Bertz CT molecular complexity index is 511. The predicted octanol–water partition coefficient (Wildman–Crippen LogP) is 3.16. The first-order valence-corrected chi connectivity index (χ1v) is 5.70. The molecule has 86 valence electrons. The first-order valence-electron chi connectivity index (χ1n) is 4.01. The van der Waals surface area contributed by atoms with Crippen molar-refractivity contribution in [1.82, 2.24) is 4.98 Å². The average molecular weight is 266 g/mol. The van der Waals surface area contributed by atoms with Crippen molar-refractivity contribution in [3.8, 4) is 5.75 Å². The lowest BCUT2D eigenvalue weighted by Crippen LogP contribution is -2.16. The minimum absolute atomic E-state index is 0.253. The fourth-order valence-electron chi connectivity index (χ4n) is 1.13. The van der Waals surface area contributed by atoms with Crippen LogP contribution in [0.1, 0.15) is 0 Å². The molecule has 0 aliphatic carbocycles. The maximum atomic E-state index is 12.0. The molecule has 0 bridgehead atoms. The molecule has 1 aromatic heterocycles.